The van der Waals surface area contributed by atoms with Gasteiger partial charge in [-0.2, -0.15) is 0 Å². The van der Waals surface area contributed by atoms with E-state index in [2.05, 4.69) is 125 Å². The van der Waals surface area contributed by atoms with Crippen LogP contribution >= 0.6 is 0 Å². The molecule has 3 aliphatic rings. The van der Waals surface area contributed by atoms with E-state index >= 15 is 0 Å². The molecule has 0 fully saturated rings. The van der Waals surface area contributed by atoms with Crippen molar-refractivity contribution in [1.29, 1.82) is 0 Å². The molecule has 34 heavy (non-hydrogen) atoms. The second-order valence-electron chi connectivity index (χ2n) is 9.56. The van der Waals surface area contributed by atoms with Gasteiger partial charge in [-0.15, -0.1) is 0 Å². The summed E-state index contributed by atoms with van der Waals surface area (Å²) >= 11 is 0. The molecule has 0 radical (unpaired) electrons. The van der Waals surface area contributed by atoms with E-state index in [0.717, 1.165) is 12.8 Å². The maximum atomic E-state index is 2.67. The molecule has 168 valence electrons. The lowest BCUT2D eigenvalue weighted by molar-refractivity contribution is -0.609. The average Bonchev–Trinajstić information content (AvgIpc) is 3.30. The first-order chi connectivity index (χ1) is 16.4. The van der Waals surface area contributed by atoms with E-state index in [-0.39, 0.29) is 17.0 Å². The van der Waals surface area contributed by atoms with Gasteiger partial charge in [0.2, 0.25) is 6.34 Å². The molecule has 0 unspecified atom stereocenters. The van der Waals surface area contributed by atoms with E-state index in [0.29, 0.717) is 24.2 Å². The largest absolute Gasteiger partial charge is 1.00 e. The van der Waals surface area contributed by atoms with Gasteiger partial charge in [-0.3, -0.25) is 0 Å². The van der Waals surface area contributed by atoms with Crippen molar-refractivity contribution in [3.05, 3.63) is 143 Å². The lowest BCUT2D eigenvalue weighted by atomic mass is 9.78. The summed E-state index contributed by atoms with van der Waals surface area (Å²) in [6, 6.07) is 41.7. The Hall–Kier alpha value is -3.17. The van der Waals surface area contributed by atoms with Gasteiger partial charge < -0.3 is 17.0 Å². The second-order valence-corrected chi connectivity index (χ2v) is 9.56. The summed E-state index contributed by atoms with van der Waals surface area (Å²) in [5, 5.41) is 0. The predicted molar refractivity (Wildman–Crippen MR) is 132 cm³/mol. The minimum atomic E-state index is 0. The molecule has 0 saturated heterocycles. The van der Waals surface area contributed by atoms with Crippen molar-refractivity contribution in [3.63, 3.8) is 0 Å². The highest BCUT2D eigenvalue weighted by molar-refractivity contribution is 5.59. The van der Waals surface area contributed by atoms with E-state index < -0.39 is 0 Å². The highest BCUT2D eigenvalue weighted by atomic mass is 79.9. The lowest BCUT2D eigenvalue weighted by Crippen LogP contribution is -3.00. The SMILES string of the molecule is C1=[N+]2[C@H](c3ccccc3)Cc3ccccc3[C@H]2[C@@H]2c3ccccc3C[C@@H](c3ccccc3)N12.[Br-]. The van der Waals surface area contributed by atoms with Gasteiger partial charge in [0.15, 0.2) is 12.1 Å². The number of benzene rings is 4. The van der Waals surface area contributed by atoms with Crippen molar-refractivity contribution in [2.45, 2.75) is 37.0 Å². The predicted octanol–water partition coefficient (Wildman–Crippen LogP) is 3.42. The smallest absolute Gasteiger partial charge is 0.236 e. The first kappa shape index (κ1) is 21.4. The molecule has 4 atom stereocenters. The zero-order chi connectivity index (χ0) is 21.8. The Balaban J connectivity index is 0.00000217. The van der Waals surface area contributed by atoms with Crippen LogP contribution in [0.1, 0.15) is 57.5 Å². The Kier molecular flexibility index (Phi) is 5.38. The first-order valence-corrected chi connectivity index (χ1v) is 12.0. The van der Waals surface area contributed by atoms with Crippen LogP contribution in [0, 0.1) is 0 Å². The van der Waals surface area contributed by atoms with Crippen LogP contribution in [0.15, 0.2) is 109 Å². The fraction of sp³-hybridized carbons (Fsp3) is 0.194. The van der Waals surface area contributed by atoms with Gasteiger partial charge in [0.25, 0.3) is 0 Å². The number of rotatable bonds is 2. The standard InChI is InChI=1S/C31H27N2.BrH/c1-3-11-22(12-4-1)28-19-24-15-7-9-17-26(24)30-31-27-18-10-8-16-25(27)20-29(33(31)21-32(28)30)23-13-5-2-6-14-23;/h1-18,21,28-31H,19-20H2;1H/q+1;/p-1/t28-,29-,30-,31-;/m0./s1. The fourth-order valence-corrected chi connectivity index (χ4v) is 6.41. The van der Waals surface area contributed by atoms with Crippen molar-refractivity contribution in [3.8, 4) is 0 Å². The third kappa shape index (κ3) is 3.25. The summed E-state index contributed by atoms with van der Waals surface area (Å²) in [6.07, 6.45) is 4.56. The Morgan fingerprint density at radius 3 is 1.85 bits per heavy atom. The van der Waals surface area contributed by atoms with Gasteiger partial charge in [-0.25, -0.2) is 9.48 Å². The molecule has 0 spiro atoms. The van der Waals surface area contributed by atoms with E-state index in [9.17, 15) is 0 Å². The summed E-state index contributed by atoms with van der Waals surface area (Å²) in [6.45, 7) is 0. The molecular weight excluding hydrogens is 480 g/mol. The van der Waals surface area contributed by atoms with E-state index in [1.165, 1.54) is 33.4 Å². The summed E-state index contributed by atoms with van der Waals surface area (Å²) in [5.41, 5.74) is 8.74. The van der Waals surface area contributed by atoms with Crippen molar-refractivity contribution in [1.82, 2.24) is 4.90 Å². The zero-order valence-electron chi connectivity index (χ0n) is 19.0. The van der Waals surface area contributed by atoms with Gasteiger partial charge in [0.1, 0.15) is 12.1 Å². The first-order valence-electron chi connectivity index (χ1n) is 12.0. The molecule has 0 amide bonds. The van der Waals surface area contributed by atoms with Gasteiger partial charge in [-0.1, -0.05) is 109 Å². The Morgan fingerprint density at radius 2 is 1.15 bits per heavy atom. The van der Waals surface area contributed by atoms with Gasteiger partial charge in [0, 0.05) is 24.0 Å². The molecular formula is C31H27BrN2. The fourth-order valence-electron chi connectivity index (χ4n) is 6.41. The lowest BCUT2D eigenvalue weighted by Gasteiger charge is -2.37. The highest BCUT2D eigenvalue weighted by Crippen LogP contribution is 2.53. The van der Waals surface area contributed by atoms with Crippen LogP contribution < -0.4 is 17.0 Å². The Labute approximate surface area is 212 Å². The van der Waals surface area contributed by atoms with Crippen LogP contribution in [0.25, 0.3) is 0 Å². The third-order valence-electron chi connectivity index (χ3n) is 7.87. The quantitative estimate of drug-likeness (QED) is 0.377. The van der Waals surface area contributed by atoms with E-state index in [1.807, 2.05) is 0 Å². The van der Waals surface area contributed by atoms with Crippen LogP contribution in [0.4, 0.5) is 0 Å². The number of halogens is 1. The van der Waals surface area contributed by atoms with Gasteiger partial charge >= 0.3 is 0 Å². The van der Waals surface area contributed by atoms with Crippen LogP contribution in [0.3, 0.4) is 0 Å². The minimum absolute atomic E-state index is 0. The third-order valence-corrected chi connectivity index (χ3v) is 7.87. The molecule has 0 saturated carbocycles. The molecule has 2 nitrogen and oxygen atoms in total. The van der Waals surface area contributed by atoms with Gasteiger partial charge in [0.05, 0.1) is 0 Å². The molecule has 4 aromatic carbocycles. The highest BCUT2D eigenvalue weighted by Gasteiger charge is 2.54. The molecule has 0 bridgehead atoms. The maximum Gasteiger partial charge on any atom is 0.236 e. The monoisotopic (exact) mass is 506 g/mol. The maximum absolute atomic E-state index is 2.67. The summed E-state index contributed by atoms with van der Waals surface area (Å²) in [7, 11) is 0. The summed E-state index contributed by atoms with van der Waals surface area (Å²) < 4.78 is 2.67. The van der Waals surface area contributed by atoms with Crippen molar-refractivity contribution in [2.24, 2.45) is 0 Å². The van der Waals surface area contributed by atoms with E-state index in [1.54, 1.807) is 0 Å². The van der Waals surface area contributed by atoms with Crippen molar-refractivity contribution < 1.29 is 21.6 Å². The summed E-state index contributed by atoms with van der Waals surface area (Å²) in [4.78, 5) is 2.67. The van der Waals surface area contributed by atoms with Crippen molar-refractivity contribution in [2.75, 3.05) is 0 Å². The van der Waals surface area contributed by atoms with E-state index in [4.69, 9.17) is 0 Å². The average molecular weight is 507 g/mol. The van der Waals surface area contributed by atoms with Crippen LogP contribution in [0.2, 0.25) is 0 Å². The Bertz CT molecular complexity index is 1350. The minimum Gasteiger partial charge on any atom is -1.00 e. The Morgan fingerprint density at radius 1 is 0.588 bits per heavy atom. The molecule has 4 aromatic rings. The number of fused-ring (bicyclic) bond motifs is 7. The normalized spacial score (nSPS) is 24.1. The number of hydrogen-bond donors (Lipinski definition) is 0. The number of nitrogens with zero attached hydrogens (tertiary/aromatic N) is 2. The van der Waals surface area contributed by atoms with Crippen LogP contribution in [-0.2, 0) is 12.8 Å². The molecule has 0 N–H and O–H groups in total. The van der Waals surface area contributed by atoms with Crippen LogP contribution in [-0.4, -0.2) is 15.8 Å². The van der Waals surface area contributed by atoms with Crippen molar-refractivity contribution >= 4 is 6.34 Å². The molecule has 0 aliphatic carbocycles. The molecule has 3 aliphatic heterocycles. The molecule has 7 rings (SSSR count). The molecule has 3 heteroatoms. The molecule has 0 aromatic heterocycles. The molecule has 3 heterocycles. The second kappa shape index (κ2) is 8.56. The van der Waals surface area contributed by atoms with Crippen LogP contribution in [0.5, 0.6) is 0 Å². The number of hydrogen-bond acceptors (Lipinski definition) is 1. The van der Waals surface area contributed by atoms with Gasteiger partial charge in [-0.05, 0) is 22.3 Å². The topological polar surface area (TPSA) is 6.25 Å². The zero-order valence-corrected chi connectivity index (χ0v) is 20.6. The summed E-state index contributed by atoms with van der Waals surface area (Å²) in [5.74, 6) is 0.